The number of nitrogens with two attached hydrogens (primary N) is 1. The van der Waals surface area contributed by atoms with Gasteiger partial charge in [0.15, 0.2) is 0 Å². The van der Waals surface area contributed by atoms with Crippen LogP contribution in [0.15, 0.2) is 18.2 Å². The van der Waals surface area contributed by atoms with Crippen molar-refractivity contribution in [2.24, 2.45) is 5.73 Å². The van der Waals surface area contributed by atoms with Crippen molar-refractivity contribution in [2.45, 2.75) is 18.9 Å². The quantitative estimate of drug-likeness (QED) is 0.851. The summed E-state index contributed by atoms with van der Waals surface area (Å²) >= 11 is 0. The van der Waals surface area contributed by atoms with E-state index in [1.165, 1.54) is 11.1 Å². The molecule has 1 aliphatic heterocycles. The first-order valence-electron chi connectivity index (χ1n) is 6.78. The number of nitrogens with one attached hydrogen (secondary N) is 1. The highest BCUT2D eigenvalue weighted by molar-refractivity contribution is 5.76. The zero-order valence-corrected chi connectivity index (χ0v) is 10.9. The first kappa shape index (κ1) is 12.3. The molecule has 1 aromatic rings. The molecule has 19 heavy (non-hydrogen) atoms. The van der Waals surface area contributed by atoms with Crippen LogP contribution in [0.5, 0.6) is 5.75 Å². The van der Waals surface area contributed by atoms with Crippen LogP contribution >= 0.6 is 0 Å². The minimum Gasteiger partial charge on any atom is -0.492 e. The third kappa shape index (κ3) is 2.51. The zero-order valence-electron chi connectivity index (χ0n) is 10.9. The van der Waals surface area contributed by atoms with Gasteiger partial charge in [-0.3, -0.25) is 0 Å². The van der Waals surface area contributed by atoms with Crippen molar-refractivity contribution in [3.63, 3.8) is 0 Å². The first-order chi connectivity index (χ1) is 9.24. The molecular weight excluding hydrogens is 242 g/mol. The van der Waals surface area contributed by atoms with Crippen molar-refractivity contribution in [2.75, 3.05) is 26.2 Å². The van der Waals surface area contributed by atoms with Gasteiger partial charge in [-0.05, 0) is 36.1 Å². The van der Waals surface area contributed by atoms with Crippen LogP contribution in [0.2, 0.25) is 0 Å². The van der Waals surface area contributed by atoms with E-state index in [2.05, 4.69) is 17.4 Å². The average Bonchev–Trinajstić information content (AvgIpc) is 2.97. The Morgan fingerprint density at radius 2 is 2.37 bits per heavy atom. The maximum Gasteiger partial charge on any atom is 0.317 e. The van der Waals surface area contributed by atoms with Gasteiger partial charge in [-0.25, -0.2) is 4.79 Å². The Bertz CT molecular complexity index is 490. The summed E-state index contributed by atoms with van der Waals surface area (Å²) in [7, 11) is 0. The number of ether oxygens (including phenoxy) is 1. The lowest BCUT2D eigenvalue weighted by Gasteiger charge is -2.15. The summed E-state index contributed by atoms with van der Waals surface area (Å²) in [6.07, 6.45) is 2.05. The van der Waals surface area contributed by atoms with Crippen molar-refractivity contribution < 1.29 is 9.53 Å². The number of aryl methyl sites for hydroxylation is 1. The van der Waals surface area contributed by atoms with E-state index in [9.17, 15) is 4.79 Å². The summed E-state index contributed by atoms with van der Waals surface area (Å²) in [5, 5.41) is 2.77. The molecule has 1 aliphatic carbocycles. The molecule has 102 valence electrons. The molecule has 0 radical (unpaired) electrons. The number of amides is 2. The number of carbonyl (C=O) groups excluding carboxylic acids is 1. The Hall–Kier alpha value is -1.75. The van der Waals surface area contributed by atoms with E-state index in [1.54, 1.807) is 4.90 Å². The number of fused-ring (bicyclic) bond motifs is 1. The predicted octanol–water partition coefficient (Wildman–Crippen LogP) is 1.04. The third-order valence-corrected chi connectivity index (χ3v) is 3.81. The largest absolute Gasteiger partial charge is 0.492 e. The number of carbonyl (C=O) groups is 1. The monoisotopic (exact) mass is 261 g/mol. The number of hydrogen-bond acceptors (Lipinski definition) is 3. The minimum atomic E-state index is 0.00327. The van der Waals surface area contributed by atoms with Crippen LogP contribution in [0.1, 0.15) is 23.6 Å². The van der Waals surface area contributed by atoms with E-state index in [1.807, 2.05) is 6.07 Å². The van der Waals surface area contributed by atoms with Gasteiger partial charge in [0, 0.05) is 19.1 Å². The Balaban J connectivity index is 1.54. The normalized spacial score (nSPS) is 21.4. The van der Waals surface area contributed by atoms with Crippen LogP contribution < -0.4 is 15.8 Å². The van der Waals surface area contributed by atoms with Crippen LogP contribution in [0.3, 0.4) is 0 Å². The standard InChI is InChI=1S/C14H19N3O2/c15-13-4-1-10-9-11(2-3-12(10)13)19-8-7-17-6-5-16-14(17)18/h2-3,9,13H,1,4-8,15H2,(H,16,18)/t13-/m0/s1. The maximum absolute atomic E-state index is 11.4. The summed E-state index contributed by atoms with van der Waals surface area (Å²) in [5.74, 6) is 0.868. The average molecular weight is 261 g/mol. The molecule has 1 atom stereocenters. The van der Waals surface area contributed by atoms with Crippen molar-refractivity contribution >= 4 is 6.03 Å². The Morgan fingerprint density at radius 1 is 1.47 bits per heavy atom. The lowest BCUT2D eigenvalue weighted by molar-refractivity contribution is 0.202. The minimum absolute atomic E-state index is 0.00327. The van der Waals surface area contributed by atoms with Gasteiger partial charge in [0.25, 0.3) is 0 Å². The van der Waals surface area contributed by atoms with Gasteiger partial charge in [0.2, 0.25) is 0 Å². The molecule has 2 amide bonds. The molecule has 3 rings (SSSR count). The molecule has 0 saturated carbocycles. The number of rotatable bonds is 4. The van der Waals surface area contributed by atoms with Crippen LogP contribution in [-0.2, 0) is 6.42 Å². The number of nitrogens with zero attached hydrogens (tertiary/aromatic N) is 1. The molecule has 1 heterocycles. The maximum atomic E-state index is 11.4. The van der Waals surface area contributed by atoms with Crippen LogP contribution in [0.4, 0.5) is 4.79 Å². The molecule has 0 aromatic heterocycles. The van der Waals surface area contributed by atoms with Gasteiger partial charge in [0.1, 0.15) is 12.4 Å². The molecule has 2 aliphatic rings. The molecule has 0 unspecified atom stereocenters. The Kier molecular flexibility index (Phi) is 3.29. The van der Waals surface area contributed by atoms with Gasteiger partial charge in [-0.1, -0.05) is 6.07 Å². The van der Waals surface area contributed by atoms with E-state index in [-0.39, 0.29) is 12.1 Å². The molecule has 1 fully saturated rings. The fraction of sp³-hybridized carbons (Fsp3) is 0.500. The van der Waals surface area contributed by atoms with Crippen molar-refractivity contribution in [3.8, 4) is 5.75 Å². The highest BCUT2D eigenvalue weighted by Crippen LogP contribution is 2.31. The number of hydrogen-bond donors (Lipinski definition) is 2. The van der Waals surface area contributed by atoms with Gasteiger partial charge < -0.3 is 20.7 Å². The summed E-state index contributed by atoms with van der Waals surface area (Å²) in [5.41, 5.74) is 8.54. The van der Waals surface area contributed by atoms with Gasteiger partial charge in [0.05, 0.1) is 6.54 Å². The zero-order chi connectivity index (χ0) is 13.2. The van der Waals surface area contributed by atoms with Crippen LogP contribution in [0.25, 0.3) is 0 Å². The van der Waals surface area contributed by atoms with E-state index in [0.717, 1.165) is 31.7 Å². The number of urea groups is 1. The van der Waals surface area contributed by atoms with E-state index in [0.29, 0.717) is 13.2 Å². The Morgan fingerprint density at radius 3 is 3.16 bits per heavy atom. The highest BCUT2D eigenvalue weighted by atomic mass is 16.5. The van der Waals surface area contributed by atoms with Crippen LogP contribution in [-0.4, -0.2) is 37.2 Å². The summed E-state index contributed by atoms with van der Waals surface area (Å²) in [6, 6.07) is 6.28. The van der Waals surface area contributed by atoms with E-state index < -0.39 is 0 Å². The second-order valence-electron chi connectivity index (χ2n) is 5.07. The topological polar surface area (TPSA) is 67.6 Å². The third-order valence-electron chi connectivity index (χ3n) is 3.81. The van der Waals surface area contributed by atoms with Crippen LogP contribution in [0, 0.1) is 0 Å². The summed E-state index contributed by atoms with van der Waals surface area (Å²) in [4.78, 5) is 13.1. The van der Waals surface area contributed by atoms with Gasteiger partial charge in [-0.2, -0.15) is 0 Å². The fourth-order valence-corrected chi connectivity index (χ4v) is 2.71. The molecule has 3 N–H and O–H groups in total. The summed E-state index contributed by atoms with van der Waals surface area (Å²) < 4.78 is 5.71. The molecule has 5 nitrogen and oxygen atoms in total. The predicted molar refractivity (Wildman–Crippen MR) is 72.2 cm³/mol. The molecule has 1 aromatic carbocycles. The first-order valence-corrected chi connectivity index (χ1v) is 6.78. The molecule has 0 spiro atoms. The number of benzene rings is 1. The fourth-order valence-electron chi connectivity index (χ4n) is 2.71. The second kappa shape index (κ2) is 5.09. The molecular formula is C14H19N3O2. The Labute approximate surface area is 112 Å². The van der Waals surface area contributed by atoms with Crippen molar-refractivity contribution in [1.29, 1.82) is 0 Å². The summed E-state index contributed by atoms with van der Waals surface area (Å²) in [6.45, 7) is 2.65. The molecule has 5 heteroatoms. The molecule has 0 bridgehead atoms. The lowest BCUT2D eigenvalue weighted by Crippen LogP contribution is -2.31. The second-order valence-corrected chi connectivity index (χ2v) is 5.07. The van der Waals surface area contributed by atoms with Crippen molar-refractivity contribution in [3.05, 3.63) is 29.3 Å². The van der Waals surface area contributed by atoms with E-state index >= 15 is 0 Å². The molecule has 1 saturated heterocycles. The van der Waals surface area contributed by atoms with Gasteiger partial charge >= 0.3 is 6.03 Å². The van der Waals surface area contributed by atoms with E-state index in [4.69, 9.17) is 10.5 Å². The smallest absolute Gasteiger partial charge is 0.317 e. The highest BCUT2D eigenvalue weighted by Gasteiger charge is 2.20. The van der Waals surface area contributed by atoms with Gasteiger partial charge in [-0.15, -0.1) is 0 Å². The lowest BCUT2D eigenvalue weighted by atomic mass is 10.1. The van der Waals surface area contributed by atoms with Crippen molar-refractivity contribution in [1.82, 2.24) is 10.2 Å². The SMILES string of the molecule is N[C@H]1CCc2cc(OCCN3CCNC3=O)ccc21.